The molecule has 0 bridgehead atoms. The summed E-state index contributed by atoms with van der Waals surface area (Å²) >= 11 is 0. The number of rotatable bonds is 3. The summed E-state index contributed by atoms with van der Waals surface area (Å²) < 4.78 is 33.5. The Balaban J connectivity index is 1.41. The first-order chi connectivity index (χ1) is 14.6. The molecule has 2 aromatic carbocycles. The van der Waals surface area contributed by atoms with Crippen molar-refractivity contribution in [3.63, 3.8) is 0 Å². The summed E-state index contributed by atoms with van der Waals surface area (Å²) in [5.74, 6) is -0.654. The van der Waals surface area contributed by atoms with E-state index in [0.717, 1.165) is 0 Å². The van der Waals surface area contributed by atoms with E-state index in [1.54, 1.807) is 24.3 Å². The standard InChI is InChI=1S/C21H17F2N5O2/c22-15-8-7-13(19-14(15)11-24-26-19)20-25-21(30-27-20)12-4-3-9-28(18(29)10-12)17-6-2-1-5-16(17)23/h1-2,5-8,11-12H,3-4,9-10H2,(H,24,26). The summed E-state index contributed by atoms with van der Waals surface area (Å²) in [6.07, 6.45) is 2.86. The average molecular weight is 409 g/mol. The van der Waals surface area contributed by atoms with Crippen LogP contribution in [0.3, 0.4) is 0 Å². The third-order valence-corrected chi connectivity index (χ3v) is 5.39. The molecule has 152 valence electrons. The van der Waals surface area contributed by atoms with Gasteiger partial charge in [0.2, 0.25) is 17.6 Å². The summed E-state index contributed by atoms with van der Waals surface area (Å²) in [7, 11) is 0. The number of aromatic amines is 1. The Hall–Kier alpha value is -3.62. The highest BCUT2D eigenvalue weighted by atomic mass is 19.1. The van der Waals surface area contributed by atoms with Crippen LogP contribution in [-0.2, 0) is 4.79 Å². The molecule has 1 amide bonds. The first-order valence-electron chi connectivity index (χ1n) is 9.62. The molecule has 1 aliphatic rings. The number of aromatic nitrogens is 4. The molecule has 0 aliphatic carbocycles. The van der Waals surface area contributed by atoms with Gasteiger partial charge in [-0.3, -0.25) is 9.89 Å². The summed E-state index contributed by atoms with van der Waals surface area (Å²) in [6.45, 7) is 0.421. The van der Waals surface area contributed by atoms with Crippen LogP contribution in [0, 0.1) is 11.6 Å². The van der Waals surface area contributed by atoms with Crippen LogP contribution >= 0.6 is 0 Å². The Labute approximate surface area is 169 Å². The monoisotopic (exact) mass is 409 g/mol. The van der Waals surface area contributed by atoms with Crippen LogP contribution in [-0.4, -0.2) is 32.8 Å². The summed E-state index contributed by atoms with van der Waals surface area (Å²) in [6, 6.07) is 9.12. The third kappa shape index (κ3) is 3.12. The number of nitrogens with zero attached hydrogens (tertiary/aromatic N) is 4. The van der Waals surface area contributed by atoms with E-state index in [4.69, 9.17) is 4.52 Å². The summed E-state index contributed by atoms with van der Waals surface area (Å²) in [5, 5.41) is 11.0. The van der Waals surface area contributed by atoms with E-state index in [0.29, 0.717) is 47.6 Å². The molecule has 0 saturated carbocycles. The van der Waals surface area contributed by atoms with E-state index < -0.39 is 11.6 Å². The zero-order chi connectivity index (χ0) is 20.7. The molecule has 30 heavy (non-hydrogen) atoms. The number of amides is 1. The number of hydrogen-bond donors (Lipinski definition) is 1. The number of carbonyl (C=O) groups excluding carboxylic acids is 1. The van der Waals surface area contributed by atoms with Gasteiger partial charge in [0.15, 0.2) is 0 Å². The van der Waals surface area contributed by atoms with E-state index in [1.807, 2.05) is 0 Å². The molecule has 2 aromatic heterocycles. The van der Waals surface area contributed by atoms with Gasteiger partial charge in [0.25, 0.3) is 0 Å². The second-order valence-corrected chi connectivity index (χ2v) is 7.25. The third-order valence-electron chi connectivity index (χ3n) is 5.39. The largest absolute Gasteiger partial charge is 0.339 e. The zero-order valence-electron chi connectivity index (χ0n) is 15.8. The number of nitrogens with one attached hydrogen (secondary N) is 1. The number of benzene rings is 2. The number of para-hydroxylation sites is 1. The zero-order valence-corrected chi connectivity index (χ0v) is 15.8. The maximum absolute atomic E-state index is 14.2. The molecule has 0 spiro atoms. The van der Waals surface area contributed by atoms with Crippen LogP contribution in [0.4, 0.5) is 14.5 Å². The van der Waals surface area contributed by atoms with E-state index in [1.165, 1.54) is 23.2 Å². The van der Waals surface area contributed by atoms with Crippen molar-refractivity contribution >= 4 is 22.5 Å². The normalized spacial score (nSPS) is 17.5. The van der Waals surface area contributed by atoms with Gasteiger partial charge < -0.3 is 9.42 Å². The molecule has 1 N–H and O–H groups in total. The number of hydrogen-bond acceptors (Lipinski definition) is 5. The van der Waals surface area contributed by atoms with Gasteiger partial charge in [0.1, 0.15) is 11.6 Å². The fourth-order valence-electron chi connectivity index (χ4n) is 3.88. The highest BCUT2D eigenvalue weighted by molar-refractivity contribution is 5.94. The highest BCUT2D eigenvalue weighted by Gasteiger charge is 2.30. The Morgan fingerprint density at radius 2 is 2.00 bits per heavy atom. The van der Waals surface area contributed by atoms with Crippen molar-refractivity contribution in [1.29, 1.82) is 0 Å². The van der Waals surface area contributed by atoms with Gasteiger partial charge in [0, 0.05) is 24.4 Å². The quantitative estimate of drug-likeness (QED) is 0.548. The molecule has 1 fully saturated rings. The first-order valence-corrected chi connectivity index (χ1v) is 9.62. The second-order valence-electron chi connectivity index (χ2n) is 7.25. The van der Waals surface area contributed by atoms with Crippen LogP contribution in [0.2, 0.25) is 0 Å². The smallest absolute Gasteiger partial charge is 0.230 e. The van der Waals surface area contributed by atoms with E-state index >= 15 is 0 Å². The van der Waals surface area contributed by atoms with Crippen LogP contribution in [0.1, 0.15) is 31.1 Å². The van der Waals surface area contributed by atoms with Gasteiger partial charge in [-0.2, -0.15) is 10.1 Å². The molecule has 1 unspecified atom stereocenters. The lowest BCUT2D eigenvalue weighted by Gasteiger charge is -2.21. The second kappa shape index (κ2) is 7.33. The number of fused-ring (bicyclic) bond motifs is 1. The fraction of sp³-hybridized carbons (Fsp3) is 0.238. The van der Waals surface area contributed by atoms with Crippen molar-refractivity contribution in [3.8, 4) is 11.4 Å². The van der Waals surface area contributed by atoms with Crippen molar-refractivity contribution < 1.29 is 18.1 Å². The predicted molar refractivity (Wildman–Crippen MR) is 105 cm³/mol. The lowest BCUT2D eigenvalue weighted by molar-refractivity contribution is -0.118. The van der Waals surface area contributed by atoms with Gasteiger partial charge in [0.05, 0.1) is 22.8 Å². The Morgan fingerprint density at radius 3 is 2.87 bits per heavy atom. The minimum atomic E-state index is -0.427. The molecule has 3 heterocycles. The first kappa shape index (κ1) is 18.4. The van der Waals surface area contributed by atoms with Gasteiger partial charge >= 0.3 is 0 Å². The summed E-state index contributed by atoms with van der Waals surface area (Å²) in [5.41, 5.74) is 1.32. The van der Waals surface area contributed by atoms with Crippen molar-refractivity contribution in [2.75, 3.05) is 11.4 Å². The van der Waals surface area contributed by atoms with Crippen LogP contribution in [0.15, 0.2) is 47.1 Å². The lowest BCUT2D eigenvalue weighted by Crippen LogP contribution is -2.31. The molecular formula is C21H17F2N5O2. The van der Waals surface area contributed by atoms with Crippen molar-refractivity contribution in [2.24, 2.45) is 0 Å². The molecule has 4 aromatic rings. The molecule has 9 heteroatoms. The van der Waals surface area contributed by atoms with Gasteiger partial charge in [-0.05, 0) is 37.1 Å². The maximum atomic E-state index is 14.2. The SMILES string of the molecule is O=C1CC(c2nc(-c3ccc(F)c4cn[nH]c34)no2)CCCN1c1ccccc1F. The molecule has 7 nitrogen and oxygen atoms in total. The number of anilines is 1. The topological polar surface area (TPSA) is 87.9 Å². The highest BCUT2D eigenvalue weighted by Crippen LogP contribution is 2.33. The number of H-pyrrole nitrogens is 1. The molecule has 0 radical (unpaired) electrons. The molecular weight excluding hydrogens is 392 g/mol. The molecule has 1 aliphatic heterocycles. The summed E-state index contributed by atoms with van der Waals surface area (Å²) in [4.78, 5) is 18.8. The lowest BCUT2D eigenvalue weighted by atomic mass is 10.0. The van der Waals surface area contributed by atoms with Crippen molar-refractivity contribution in [1.82, 2.24) is 20.3 Å². The number of carbonyl (C=O) groups is 1. The maximum Gasteiger partial charge on any atom is 0.230 e. The van der Waals surface area contributed by atoms with E-state index in [2.05, 4.69) is 20.3 Å². The Morgan fingerprint density at radius 1 is 1.13 bits per heavy atom. The van der Waals surface area contributed by atoms with Crippen molar-refractivity contribution in [3.05, 3.63) is 60.1 Å². The van der Waals surface area contributed by atoms with Gasteiger partial charge in [-0.1, -0.05) is 17.3 Å². The van der Waals surface area contributed by atoms with Crippen LogP contribution < -0.4 is 4.90 Å². The van der Waals surface area contributed by atoms with E-state index in [9.17, 15) is 13.6 Å². The predicted octanol–water partition coefficient (Wildman–Crippen LogP) is 4.19. The van der Waals surface area contributed by atoms with Crippen LogP contribution in [0.25, 0.3) is 22.3 Å². The van der Waals surface area contributed by atoms with Crippen LogP contribution in [0.5, 0.6) is 0 Å². The Bertz CT molecular complexity index is 1240. The van der Waals surface area contributed by atoms with Crippen molar-refractivity contribution in [2.45, 2.75) is 25.2 Å². The Kier molecular flexibility index (Phi) is 4.50. The molecule has 1 atom stereocenters. The fourth-order valence-corrected chi connectivity index (χ4v) is 3.88. The van der Waals surface area contributed by atoms with Gasteiger partial charge in [-0.15, -0.1) is 0 Å². The van der Waals surface area contributed by atoms with E-state index in [-0.39, 0.29) is 23.9 Å². The molecule has 5 rings (SSSR count). The minimum Gasteiger partial charge on any atom is -0.339 e. The van der Waals surface area contributed by atoms with Gasteiger partial charge in [-0.25, -0.2) is 8.78 Å². The average Bonchev–Trinajstić information content (AvgIpc) is 3.38. The molecule has 1 saturated heterocycles. The minimum absolute atomic E-state index is 0.138. The number of halogens is 2.